The highest BCUT2D eigenvalue weighted by Crippen LogP contribution is 2.16. The minimum Gasteiger partial charge on any atom is -0.387 e. The summed E-state index contributed by atoms with van der Waals surface area (Å²) in [7, 11) is 1.68. The van der Waals surface area contributed by atoms with Crippen LogP contribution < -0.4 is 0 Å². The number of ether oxygens (including phenoxy) is 1. The van der Waals surface area contributed by atoms with Crippen LogP contribution in [0.1, 0.15) is 22.8 Å². The van der Waals surface area contributed by atoms with Gasteiger partial charge in [-0.25, -0.2) is 0 Å². The van der Waals surface area contributed by atoms with Gasteiger partial charge < -0.3 is 9.84 Å². The Morgan fingerprint density at radius 1 is 1.13 bits per heavy atom. The molecule has 0 fully saturated rings. The molecule has 0 saturated heterocycles. The molecule has 23 heavy (non-hydrogen) atoms. The second-order valence-corrected chi connectivity index (χ2v) is 5.46. The molecule has 1 atom stereocenters. The predicted octanol–water partition coefficient (Wildman–Crippen LogP) is 2.74. The Labute approximate surface area is 137 Å². The maximum Gasteiger partial charge on any atom is 0.0991 e. The van der Waals surface area contributed by atoms with Crippen LogP contribution in [0.25, 0.3) is 0 Å². The number of nitrogens with zero attached hydrogens (tertiary/aromatic N) is 2. The summed E-state index contributed by atoms with van der Waals surface area (Å²) in [5, 5.41) is 19.3. The fraction of sp³-hybridized carbons (Fsp3) is 0.316. The van der Waals surface area contributed by atoms with E-state index in [1.165, 1.54) is 5.56 Å². The summed E-state index contributed by atoms with van der Waals surface area (Å²) in [6.07, 6.45) is -0.594. The van der Waals surface area contributed by atoms with Gasteiger partial charge in [0.15, 0.2) is 0 Å². The molecule has 1 unspecified atom stereocenters. The minimum absolute atomic E-state index is 0.518. The first-order valence-electron chi connectivity index (χ1n) is 7.66. The lowest BCUT2D eigenvalue weighted by Gasteiger charge is -2.25. The number of hydrogen-bond acceptors (Lipinski definition) is 4. The molecule has 0 aliphatic carbocycles. The van der Waals surface area contributed by atoms with Crippen molar-refractivity contribution in [3.63, 3.8) is 0 Å². The summed E-state index contributed by atoms with van der Waals surface area (Å²) in [5.74, 6) is 0. The van der Waals surface area contributed by atoms with E-state index in [-0.39, 0.29) is 0 Å². The predicted molar refractivity (Wildman–Crippen MR) is 89.7 cm³/mol. The Morgan fingerprint density at radius 2 is 1.83 bits per heavy atom. The molecule has 2 aromatic carbocycles. The molecule has 0 saturated carbocycles. The van der Waals surface area contributed by atoms with Crippen LogP contribution in [0, 0.1) is 11.3 Å². The molecule has 2 rings (SSSR count). The Bertz CT molecular complexity index is 620. The number of hydrogen-bond donors (Lipinski definition) is 1. The van der Waals surface area contributed by atoms with Crippen molar-refractivity contribution in [1.82, 2.24) is 4.90 Å². The van der Waals surface area contributed by atoms with E-state index in [4.69, 9.17) is 10.00 Å². The minimum atomic E-state index is -0.594. The third kappa shape index (κ3) is 5.50. The Morgan fingerprint density at radius 3 is 2.43 bits per heavy atom. The molecule has 0 radical (unpaired) electrons. The van der Waals surface area contributed by atoms with Crippen molar-refractivity contribution in [2.45, 2.75) is 12.6 Å². The number of rotatable bonds is 8. The summed E-state index contributed by atoms with van der Waals surface area (Å²) in [5.41, 5.74) is 2.62. The molecule has 0 aromatic heterocycles. The highest BCUT2D eigenvalue weighted by Gasteiger charge is 2.14. The molecular formula is C19H22N2O2. The van der Waals surface area contributed by atoms with Gasteiger partial charge in [0.05, 0.1) is 24.3 Å². The van der Waals surface area contributed by atoms with E-state index in [1.54, 1.807) is 31.4 Å². The van der Waals surface area contributed by atoms with E-state index in [9.17, 15) is 5.11 Å². The summed E-state index contributed by atoms with van der Waals surface area (Å²) >= 11 is 0. The number of aliphatic hydroxyl groups is 1. The third-order valence-corrected chi connectivity index (χ3v) is 3.72. The van der Waals surface area contributed by atoms with Crippen molar-refractivity contribution >= 4 is 0 Å². The van der Waals surface area contributed by atoms with E-state index in [0.717, 1.165) is 18.7 Å². The van der Waals surface area contributed by atoms with E-state index in [0.29, 0.717) is 18.7 Å². The zero-order valence-corrected chi connectivity index (χ0v) is 13.4. The van der Waals surface area contributed by atoms with Gasteiger partial charge in [0.25, 0.3) is 0 Å². The molecule has 1 N–H and O–H groups in total. The first-order valence-corrected chi connectivity index (χ1v) is 7.66. The van der Waals surface area contributed by atoms with Gasteiger partial charge in [-0.05, 0) is 23.3 Å². The lowest BCUT2D eigenvalue weighted by molar-refractivity contribution is 0.0849. The Balaban J connectivity index is 2.02. The van der Waals surface area contributed by atoms with Gasteiger partial charge >= 0.3 is 0 Å². The summed E-state index contributed by atoms with van der Waals surface area (Å²) in [6, 6.07) is 19.3. The van der Waals surface area contributed by atoms with Crippen LogP contribution in [-0.2, 0) is 11.3 Å². The van der Waals surface area contributed by atoms with Crippen LogP contribution >= 0.6 is 0 Å². The van der Waals surface area contributed by atoms with Crippen molar-refractivity contribution in [3.8, 4) is 6.07 Å². The van der Waals surface area contributed by atoms with Crippen LogP contribution in [0.15, 0.2) is 54.6 Å². The average molecular weight is 310 g/mol. The van der Waals surface area contributed by atoms with Crippen molar-refractivity contribution in [3.05, 3.63) is 71.3 Å². The van der Waals surface area contributed by atoms with Gasteiger partial charge in [0.1, 0.15) is 0 Å². The molecule has 120 valence electrons. The van der Waals surface area contributed by atoms with Gasteiger partial charge in [-0.2, -0.15) is 5.26 Å². The fourth-order valence-corrected chi connectivity index (χ4v) is 2.43. The van der Waals surface area contributed by atoms with E-state index >= 15 is 0 Å². The van der Waals surface area contributed by atoms with Crippen LogP contribution in [-0.4, -0.2) is 36.8 Å². The van der Waals surface area contributed by atoms with Crippen LogP contribution in [0.4, 0.5) is 0 Å². The Hall–Kier alpha value is -2.19. The molecule has 0 aliphatic heterocycles. The van der Waals surface area contributed by atoms with Crippen molar-refractivity contribution < 1.29 is 9.84 Å². The second kappa shape index (κ2) is 9.06. The number of aliphatic hydroxyl groups excluding tert-OH is 1. The molecule has 0 amide bonds. The number of benzene rings is 2. The van der Waals surface area contributed by atoms with Gasteiger partial charge in [-0.1, -0.05) is 42.5 Å². The SMILES string of the molecule is COCCN(Cc1ccccc1)CC(O)c1ccc(C#N)cc1. The van der Waals surface area contributed by atoms with Crippen LogP contribution in [0.3, 0.4) is 0 Å². The topological polar surface area (TPSA) is 56.5 Å². The lowest BCUT2D eigenvalue weighted by Crippen LogP contribution is -2.31. The number of nitriles is 1. The fourth-order valence-electron chi connectivity index (χ4n) is 2.43. The van der Waals surface area contributed by atoms with Crippen molar-refractivity contribution in [1.29, 1.82) is 5.26 Å². The maximum atomic E-state index is 10.5. The highest BCUT2D eigenvalue weighted by atomic mass is 16.5. The lowest BCUT2D eigenvalue weighted by atomic mass is 10.1. The quantitative estimate of drug-likeness (QED) is 0.814. The zero-order chi connectivity index (χ0) is 16.5. The van der Waals surface area contributed by atoms with Gasteiger partial charge in [-0.3, -0.25) is 4.90 Å². The Kier molecular flexibility index (Phi) is 6.76. The summed E-state index contributed by atoms with van der Waals surface area (Å²) in [4.78, 5) is 2.17. The van der Waals surface area contributed by atoms with E-state index in [2.05, 4.69) is 23.1 Å². The van der Waals surface area contributed by atoms with Crippen molar-refractivity contribution in [2.24, 2.45) is 0 Å². The van der Waals surface area contributed by atoms with Gasteiger partial charge in [-0.15, -0.1) is 0 Å². The van der Waals surface area contributed by atoms with Crippen molar-refractivity contribution in [2.75, 3.05) is 26.8 Å². The average Bonchev–Trinajstić information content (AvgIpc) is 2.60. The summed E-state index contributed by atoms with van der Waals surface area (Å²) < 4.78 is 5.17. The number of methoxy groups -OCH3 is 1. The van der Waals surface area contributed by atoms with Crippen LogP contribution in [0.5, 0.6) is 0 Å². The maximum absolute atomic E-state index is 10.5. The van der Waals surface area contributed by atoms with E-state index in [1.807, 2.05) is 18.2 Å². The molecule has 0 bridgehead atoms. The second-order valence-electron chi connectivity index (χ2n) is 5.46. The molecule has 4 heteroatoms. The summed E-state index contributed by atoms with van der Waals surface area (Å²) in [6.45, 7) is 2.65. The molecule has 4 nitrogen and oxygen atoms in total. The van der Waals surface area contributed by atoms with Crippen LogP contribution in [0.2, 0.25) is 0 Å². The molecule has 0 spiro atoms. The standard InChI is InChI=1S/C19H22N2O2/c1-23-12-11-21(14-17-5-3-2-4-6-17)15-19(22)18-9-7-16(13-20)8-10-18/h2-10,19,22H,11-12,14-15H2,1H3. The normalized spacial score (nSPS) is 12.1. The first-order chi connectivity index (χ1) is 11.2. The molecular weight excluding hydrogens is 288 g/mol. The van der Waals surface area contributed by atoms with Gasteiger partial charge in [0, 0.05) is 26.7 Å². The monoisotopic (exact) mass is 310 g/mol. The largest absolute Gasteiger partial charge is 0.387 e. The smallest absolute Gasteiger partial charge is 0.0991 e. The molecule has 0 heterocycles. The first kappa shape index (κ1) is 17.2. The molecule has 0 aliphatic rings. The third-order valence-electron chi connectivity index (χ3n) is 3.72. The highest BCUT2D eigenvalue weighted by molar-refractivity contribution is 5.32. The van der Waals surface area contributed by atoms with Gasteiger partial charge in [0.2, 0.25) is 0 Å². The van der Waals surface area contributed by atoms with E-state index < -0.39 is 6.10 Å². The molecule has 2 aromatic rings. The zero-order valence-electron chi connectivity index (χ0n) is 13.4.